The molecule has 1 fully saturated rings. The van der Waals surface area contributed by atoms with Crippen LogP contribution in [0, 0.1) is 0 Å². The van der Waals surface area contributed by atoms with Gasteiger partial charge in [0.05, 0.1) is 11.4 Å². The molecule has 8 nitrogen and oxygen atoms in total. The minimum absolute atomic E-state index is 0.0537. The number of sulfonamides is 1. The zero-order valence-electron chi connectivity index (χ0n) is 15.5. The Bertz CT molecular complexity index is 1130. The maximum atomic E-state index is 12.6. The molecular formula is C19H20ClN5O3S. The highest BCUT2D eigenvalue weighted by Gasteiger charge is 2.28. The van der Waals surface area contributed by atoms with E-state index in [0.717, 1.165) is 24.3 Å². The van der Waals surface area contributed by atoms with Crippen molar-refractivity contribution in [3.05, 3.63) is 59.5 Å². The molecule has 10 heteroatoms. The first-order valence-corrected chi connectivity index (χ1v) is 11.1. The summed E-state index contributed by atoms with van der Waals surface area (Å²) in [5.41, 5.74) is 0.765. The van der Waals surface area contributed by atoms with E-state index < -0.39 is 10.0 Å². The molecule has 1 aliphatic rings. The molecule has 0 bridgehead atoms. The van der Waals surface area contributed by atoms with Crippen molar-refractivity contribution < 1.29 is 13.2 Å². The number of rotatable bonds is 5. The number of likely N-dealkylation sites (tertiary alicyclic amines) is 1. The second-order valence-corrected chi connectivity index (χ2v) is 9.15. The quantitative estimate of drug-likeness (QED) is 0.664. The summed E-state index contributed by atoms with van der Waals surface area (Å²) in [6, 6.07) is 11.5. The van der Waals surface area contributed by atoms with E-state index in [1.54, 1.807) is 4.90 Å². The number of carbonyl (C=O) groups excluding carboxylic acids is 1. The zero-order valence-corrected chi connectivity index (χ0v) is 17.1. The van der Waals surface area contributed by atoms with Crippen LogP contribution in [0.2, 0.25) is 5.02 Å². The molecule has 29 heavy (non-hydrogen) atoms. The number of halogens is 1. The van der Waals surface area contributed by atoms with E-state index in [1.807, 2.05) is 28.8 Å². The van der Waals surface area contributed by atoms with Gasteiger partial charge in [0.25, 0.3) is 0 Å². The molecular weight excluding hydrogens is 414 g/mol. The van der Waals surface area contributed by atoms with E-state index in [-0.39, 0.29) is 23.3 Å². The Morgan fingerprint density at radius 2 is 1.97 bits per heavy atom. The largest absolute Gasteiger partial charge is 0.341 e. The van der Waals surface area contributed by atoms with Crippen LogP contribution in [0.4, 0.5) is 0 Å². The van der Waals surface area contributed by atoms with Gasteiger partial charge >= 0.3 is 0 Å². The molecule has 1 saturated heterocycles. The predicted octanol–water partition coefficient (Wildman–Crippen LogP) is 2.07. The minimum Gasteiger partial charge on any atom is -0.341 e. The summed E-state index contributed by atoms with van der Waals surface area (Å²) in [7, 11) is -3.78. The van der Waals surface area contributed by atoms with E-state index in [1.165, 1.54) is 24.3 Å². The average Bonchev–Trinajstić information content (AvgIpc) is 3.17. The Hall–Kier alpha value is -2.49. The summed E-state index contributed by atoms with van der Waals surface area (Å²) in [5, 5.41) is 8.92. The Morgan fingerprint density at radius 1 is 1.17 bits per heavy atom. The summed E-state index contributed by atoms with van der Waals surface area (Å²) in [5.74, 6) is 0.610. The van der Waals surface area contributed by atoms with Crippen LogP contribution < -0.4 is 4.72 Å². The van der Waals surface area contributed by atoms with Crippen LogP contribution in [-0.4, -0.2) is 53.5 Å². The molecule has 2 aromatic heterocycles. The molecule has 152 valence electrons. The molecule has 0 unspecified atom stereocenters. The van der Waals surface area contributed by atoms with Crippen LogP contribution in [0.5, 0.6) is 0 Å². The number of fused-ring (bicyclic) bond motifs is 1. The van der Waals surface area contributed by atoms with Gasteiger partial charge in [-0.15, -0.1) is 10.2 Å². The van der Waals surface area contributed by atoms with E-state index in [2.05, 4.69) is 14.9 Å². The molecule has 0 spiro atoms. The monoisotopic (exact) mass is 433 g/mol. The fourth-order valence-electron chi connectivity index (χ4n) is 3.52. The average molecular weight is 434 g/mol. The number of nitrogens with zero attached hydrogens (tertiary/aromatic N) is 4. The lowest BCUT2D eigenvalue weighted by molar-refractivity contribution is -0.131. The van der Waals surface area contributed by atoms with Crippen molar-refractivity contribution in [2.75, 3.05) is 19.6 Å². The Morgan fingerprint density at radius 3 is 2.76 bits per heavy atom. The molecule has 1 amide bonds. The number of piperidine rings is 1. The normalized spacial score (nSPS) is 17.6. The Balaban J connectivity index is 1.42. The molecule has 4 rings (SSSR count). The van der Waals surface area contributed by atoms with Crippen molar-refractivity contribution in [2.45, 2.75) is 23.7 Å². The van der Waals surface area contributed by atoms with Gasteiger partial charge in [-0.2, -0.15) is 0 Å². The van der Waals surface area contributed by atoms with Gasteiger partial charge in [-0.3, -0.25) is 9.20 Å². The maximum Gasteiger partial charge on any atom is 0.241 e. The van der Waals surface area contributed by atoms with Crippen LogP contribution in [-0.2, 0) is 14.8 Å². The van der Waals surface area contributed by atoms with Gasteiger partial charge in [-0.25, -0.2) is 13.1 Å². The molecule has 0 saturated carbocycles. The third-order valence-electron chi connectivity index (χ3n) is 5.02. The first-order valence-electron chi connectivity index (χ1n) is 9.27. The molecule has 1 aromatic carbocycles. The third kappa shape index (κ3) is 4.26. The van der Waals surface area contributed by atoms with Gasteiger partial charge < -0.3 is 4.90 Å². The number of nitrogens with one attached hydrogen (secondary N) is 1. The van der Waals surface area contributed by atoms with Crippen molar-refractivity contribution in [2.24, 2.45) is 0 Å². The highest BCUT2D eigenvalue weighted by Crippen LogP contribution is 2.26. The highest BCUT2D eigenvalue weighted by molar-refractivity contribution is 7.89. The Labute approximate surface area is 173 Å². The van der Waals surface area contributed by atoms with Gasteiger partial charge in [0.1, 0.15) is 5.82 Å². The summed E-state index contributed by atoms with van der Waals surface area (Å²) in [6.07, 6.45) is 3.63. The summed E-state index contributed by atoms with van der Waals surface area (Å²) in [4.78, 5) is 14.4. The summed E-state index contributed by atoms with van der Waals surface area (Å²) < 4.78 is 29.1. The minimum atomic E-state index is -3.78. The number of benzene rings is 1. The van der Waals surface area contributed by atoms with E-state index in [0.29, 0.717) is 18.1 Å². The summed E-state index contributed by atoms with van der Waals surface area (Å²) in [6.45, 7) is 0.782. The van der Waals surface area contributed by atoms with Crippen LogP contribution >= 0.6 is 11.6 Å². The molecule has 1 N–H and O–H groups in total. The smallest absolute Gasteiger partial charge is 0.241 e. The predicted molar refractivity (Wildman–Crippen MR) is 108 cm³/mol. The van der Waals surface area contributed by atoms with Gasteiger partial charge in [-0.05, 0) is 49.2 Å². The van der Waals surface area contributed by atoms with E-state index >= 15 is 0 Å². The number of amides is 1. The summed E-state index contributed by atoms with van der Waals surface area (Å²) >= 11 is 5.80. The fraction of sp³-hybridized carbons (Fsp3) is 0.316. The number of carbonyl (C=O) groups is 1. The molecule has 0 radical (unpaired) electrons. The SMILES string of the molecule is O=C(CNS(=O)(=O)c1ccc(Cl)cc1)N1CCC[C@H](c2nnc3ccccn23)C1. The first kappa shape index (κ1) is 19.8. The van der Waals surface area contributed by atoms with Crippen LogP contribution in [0.25, 0.3) is 5.65 Å². The number of hydrogen-bond acceptors (Lipinski definition) is 5. The van der Waals surface area contributed by atoms with Crippen molar-refractivity contribution in [1.29, 1.82) is 0 Å². The third-order valence-corrected chi connectivity index (χ3v) is 6.69. The van der Waals surface area contributed by atoms with Gasteiger partial charge in [0.2, 0.25) is 15.9 Å². The molecule has 1 atom stereocenters. The standard InChI is InChI=1S/C19H20ClN5O3S/c20-15-6-8-16(9-7-15)29(27,28)21-12-18(26)24-10-3-4-14(13-24)19-23-22-17-5-1-2-11-25(17)19/h1-2,5-9,11,14,21H,3-4,10,12-13H2/t14-/m0/s1. The zero-order chi connectivity index (χ0) is 20.4. The van der Waals surface area contributed by atoms with Crippen molar-refractivity contribution in [3.8, 4) is 0 Å². The van der Waals surface area contributed by atoms with Crippen LogP contribution in [0.1, 0.15) is 24.6 Å². The number of hydrogen-bond donors (Lipinski definition) is 1. The first-order chi connectivity index (χ1) is 13.9. The van der Waals surface area contributed by atoms with Crippen LogP contribution in [0.3, 0.4) is 0 Å². The van der Waals surface area contributed by atoms with Crippen LogP contribution in [0.15, 0.2) is 53.6 Å². The maximum absolute atomic E-state index is 12.6. The second-order valence-electron chi connectivity index (χ2n) is 6.94. The molecule has 1 aliphatic heterocycles. The molecule has 3 heterocycles. The lowest BCUT2D eigenvalue weighted by Gasteiger charge is -2.32. The van der Waals surface area contributed by atoms with Gasteiger partial charge in [-0.1, -0.05) is 17.7 Å². The van der Waals surface area contributed by atoms with Gasteiger partial charge in [0.15, 0.2) is 5.65 Å². The molecule has 0 aliphatic carbocycles. The van der Waals surface area contributed by atoms with Crippen molar-refractivity contribution in [3.63, 3.8) is 0 Å². The van der Waals surface area contributed by atoms with E-state index in [4.69, 9.17) is 11.6 Å². The highest BCUT2D eigenvalue weighted by atomic mass is 35.5. The lowest BCUT2D eigenvalue weighted by atomic mass is 9.97. The lowest BCUT2D eigenvalue weighted by Crippen LogP contribution is -2.44. The van der Waals surface area contributed by atoms with Gasteiger partial charge in [0, 0.05) is 30.2 Å². The fourth-order valence-corrected chi connectivity index (χ4v) is 4.62. The van der Waals surface area contributed by atoms with E-state index in [9.17, 15) is 13.2 Å². The molecule has 3 aromatic rings. The van der Waals surface area contributed by atoms with Crippen molar-refractivity contribution >= 4 is 33.2 Å². The topological polar surface area (TPSA) is 96.7 Å². The number of aromatic nitrogens is 3. The number of pyridine rings is 1. The second kappa shape index (κ2) is 8.10. The Kier molecular flexibility index (Phi) is 5.53. The van der Waals surface area contributed by atoms with Crippen molar-refractivity contribution in [1.82, 2.24) is 24.2 Å².